The molecule has 3 nitrogen and oxygen atoms in total. The van der Waals surface area contributed by atoms with Gasteiger partial charge in [0.15, 0.2) is 0 Å². The highest BCUT2D eigenvalue weighted by atomic mass is 32.1. The van der Waals surface area contributed by atoms with E-state index in [1.807, 2.05) is 11.3 Å². The summed E-state index contributed by atoms with van der Waals surface area (Å²) < 4.78 is 0. The number of hydrogen-bond donors (Lipinski definition) is 2. The van der Waals surface area contributed by atoms with Gasteiger partial charge in [-0.3, -0.25) is 4.90 Å². The van der Waals surface area contributed by atoms with E-state index >= 15 is 0 Å². The van der Waals surface area contributed by atoms with Gasteiger partial charge in [-0.25, -0.2) is 0 Å². The van der Waals surface area contributed by atoms with Gasteiger partial charge in [0, 0.05) is 22.8 Å². The molecule has 96 valence electrons. The van der Waals surface area contributed by atoms with E-state index in [1.54, 1.807) is 0 Å². The molecule has 1 aliphatic rings. The number of rotatable bonds is 5. The molecular weight excluding hydrogens is 232 g/mol. The van der Waals surface area contributed by atoms with Gasteiger partial charge in [-0.2, -0.15) is 0 Å². The molecule has 1 atom stereocenters. The monoisotopic (exact) mass is 254 g/mol. The van der Waals surface area contributed by atoms with Crippen molar-refractivity contribution in [3.05, 3.63) is 21.9 Å². The maximum Gasteiger partial charge on any atom is 0.0562 e. The number of aliphatic hydroxyl groups excluding tert-OH is 1. The first-order chi connectivity index (χ1) is 8.10. The minimum absolute atomic E-state index is 0.0614. The van der Waals surface area contributed by atoms with Gasteiger partial charge in [0.25, 0.3) is 0 Å². The van der Waals surface area contributed by atoms with Crippen molar-refractivity contribution in [2.75, 3.05) is 20.1 Å². The van der Waals surface area contributed by atoms with Crippen LogP contribution < -0.4 is 5.73 Å². The Labute approximate surface area is 107 Å². The summed E-state index contributed by atoms with van der Waals surface area (Å²) in [7, 11) is 2.14. The summed E-state index contributed by atoms with van der Waals surface area (Å²) in [5.74, 6) is 0.644. The zero-order chi connectivity index (χ0) is 12.4. The Hall–Kier alpha value is -0.420. The van der Waals surface area contributed by atoms with Crippen LogP contribution in [0.3, 0.4) is 0 Å². The van der Waals surface area contributed by atoms with Crippen LogP contribution in [0.5, 0.6) is 0 Å². The summed E-state index contributed by atoms with van der Waals surface area (Å²) in [6, 6.07) is 4.67. The van der Waals surface area contributed by atoms with Gasteiger partial charge >= 0.3 is 0 Å². The van der Waals surface area contributed by atoms with Crippen LogP contribution in [-0.4, -0.2) is 36.2 Å². The molecule has 0 bridgehead atoms. The van der Waals surface area contributed by atoms with Gasteiger partial charge < -0.3 is 10.8 Å². The number of likely N-dealkylation sites (N-methyl/N-ethyl adjacent to an activating group) is 1. The Balaban J connectivity index is 1.93. The number of hydrogen-bond acceptors (Lipinski definition) is 4. The van der Waals surface area contributed by atoms with Crippen LogP contribution in [0.1, 0.15) is 28.6 Å². The number of aryl methyl sites for hydroxylation is 1. The lowest BCUT2D eigenvalue weighted by Crippen LogP contribution is -2.40. The lowest BCUT2D eigenvalue weighted by Gasteiger charge is -2.37. The van der Waals surface area contributed by atoms with E-state index in [9.17, 15) is 5.11 Å². The van der Waals surface area contributed by atoms with E-state index < -0.39 is 0 Å². The first-order valence-electron chi connectivity index (χ1n) is 6.25. The summed E-state index contributed by atoms with van der Waals surface area (Å²) >= 11 is 1.83. The third-order valence-corrected chi connectivity index (χ3v) is 4.70. The molecule has 17 heavy (non-hydrogen) atoms. The van der Waals surface area contributed by atoms with E-state index in [4.69, 9.17) is 5.73 Å². The third-order valence-electron chi connectivity index (χ3n) is 3.60. The zero-order valence-corrected chi connectivity index (χ0v) is 11.4. The van der Waals surface area contributed by atoms with Gasteiger partial charge in [0.05, 0.1) is 12.1 Å². The number of thiophene rings is 1. The van der Waals surface area contributed by atoms with Crippen molar-refractivity contribution in [2.24, 2.45) is 11.7 Å². The fourth-order valence-corrected chi connectivity index (χ4v) is 3.59. The summed E-state index contributed by atoms with van der Waals surface area (Å²) in [6.07, 6.45) is 1.84. The van der Waals surface area contributed by atoms with Crippen molar-refractivity contribution >= 4 is 11.3 Å². The molecular formula is C13H22N2OS. The Morgan fingerprint density at radius 3 is 2.71 bits per heavy atom. The van der Waals surface area contributed by atoms with Crippen LogP contribution in [-0.2, 0) is 0 Å². The Morgan fingerprint density at radius 1 is 1.53 bits per heavy atom. The molecule has 0 amide bonds. The van der Waals surface area contributed by atoms with Gasteiger partial charge in [-0.05, 0) is 44.9 Å². The Kier molecular flexibility index (Phi) is 4.20. The van der Waals surface area contributed by atoms with Gasteiger partial charge in [-0.15, -0.1) is 11.3 Å². The molecule has 4 heteroatoms. The van der Waals surface area contributed by atoms with Gasteiger partial charge in [-0.1, -0.05) is 0 Å². The van der Waals surface area contributed by atoms with Crippen LogP contribution in [0.15, 0.2) is 12.1 Å². The first-order valence-corrected chi connectivity index (χ1v) is 7.06. The van der Waals surface area contributed by atoms with Gasteiger partial charge in [0.1, 0.15) is 0 Å². The molecule has 0 aromatic carbocycles. The second kappa shape index (κ2) is 5.48. The summed E-state index contributed by atoms with van der Waals surface area (Å²) in [6.45, 7) is 3.83. The largest absolute Gasteiger partial charge is 0.393 e. The van der Waals surface area contributed by atoms with Crippen LogP contribution >= 0.6 is 11.3 Å². The Morgan fingerprint density at radius 2 is 2.24 bits per heavy atom. The lowest BCUT2D eigenvalue weighted by atomic mass is 9.82. The smallest absolute Gasteiger partial charge is 0.0562 e. The molecule has 1 aromatic rings. The molecule has 3 N–H and O–H groups in total. The number of nitrogens with zero attached hydrogens (tertiary/aromatic N) is 1. The molecule has 1 saturated carbocycles. The average Bonchev–Trinajstić information content (AvgIpc) is 2.64. The molecule has 1 heterocycles. The molecule has 0 aliphatic heterocycles. The molecule has 0 spiro atoms. The molecule has 0 saturated heterocycles. The average molecular weight is 254 g/mol. The quantitative estimate of drug-likeness (QED) is 0.842. The van der Waals surface area contributed by atoms with Crippen LogP contribution in [0.25, 0.3) is 0 Å². The minimum Gasteiger partial charge on any atom is -0.393 e. The van der Waals surface area contributed by atoms with E-state index in [2.05, 4.69) is 31.0 Å². The highest BCUT2D eigenvalue weighted by Gasteiger charge is 2.29. The standard InChI is InChI=1S/C13H22N2OS/c1-9-3-4-13(17-9)12(7-14)15(2)8-10-5-11(16)6-10/h3-4,10-12,16H,5-8,14H2,1-2H3. The molecule has 1 aliphatic carbocycles. The Bertz CT molecular complexity index is 360. The maximum absolute atomic E-state index is 9.31. The van der Waals surface area contributed by atoms with Crippen molar-refractivity contribution in [1.29, 1.82) is 0 Å². The minimum atomic E-state index is -0.0614. The lowest BCUT2D eigenvalue weighted by molar-refractivity contribution is 0.0226. The van der Waals surface area contributed by atoms with Crippen molar-refractivity contribution in [3.63, 3.8) is 0 Å². The normalized spacial score (nSPS) is 25.9. The van der Waals surface area contributed by atoms with Crippen molar-refractivity contribution < 1.29 is 5.11 Å². The van der Waals surface area contributed by atoms with E-state index in [0.29, 0.717) is 18.5 Å². The van der Waals surface area contributed by atoms with Crippen LogP contribution in [0.4, 0.5) is 0 Å². The highest BCUT2D eigenvalue weighted by molar-refractivity contribution is 7.12. The van der Waals surface area contributed by atoms with Crippen molar-refractivity contribution in [3.8, 4) is 0 Å². The summed E-state index contributed by atoms with van der Waals surface area (Å²) in [5.41, 5.74) is 5.89. The van der Waals surface area contributed by atoms with E-state index in [1.165, 1.54) is 9.75 Å². The van der Waals surface area contributed by atoms with Crippen LogP contribution in [0, 0.1) is 12.8 Å². The SMILES string of the molecule is Cc1ccc(C(CN)N(C)CC2CC(O)C2)s1. The molecule has 2 rings (SSSR count). The predicted octanol–water partition coefficient (Wildman–Crippen LogP) is 1.76. The first kappa shape index (κ1) is 13.0. The van der Waals surface area contributed by atoms with E-state index in [0.717, 1.165) is 19.4 Å². The fourth-order valence-electron chi connectivity index (χ4n) is 2.53. The van der Waals surface area contributed by atoms with Crippen molar-refractivity contribution in [1.82, 2.24) is 4.90 Å². The molecule has 1 fully saturated rings. The zero-order valence-electron chi connectivity index (χ0n) is 10.6. The third kappa shape index (κ3) is 3.07. The molecule has 1 aromatic heterocycles. The second-order valence-corrected chi connectivity index (χ2v) is 6.45. The summed E-state index contributed by atoms with van der Waals surface area (Å²) in [5, 5.41) is 9.31. The number of aliphatic hydroxyl groups is 1. The molecule has 0 radical (unpaired) electrons. The maximum atomic E-state index is 9.31. The fraction of sp³-hybridized carbons (Fsp3) is 0.692. The second-order valence-electron chi connectivity index (χ2n) is 5.13. The topological polar surface area (TPSA) is 49.5 Å². The predicted molar refractivity (Wildman–Crippen MR) is 72.2 cm³/mol. The van der Waals surface area contributed by atoms with Crippen LogP contribution in [0.2, 0.25) is 0 Å². The van der Waals surface area contributed by atoms with E-state index in [-0.39, 0.29) is 6.10 Å². The van der Waals surface area contributed by atoms with Crippen molar-refractivity contribution in [2.45, 2.75) is 31.9 Å². The van der Waals surface area contributed by atoms with Gasteiger partial charge in [0.2, 0.25) is 0 Å². The highest BCUT2D eigenvalue weighted by Crippen LogP contribution is 2.31. The summed E-state index contributed by atoms with van der Waals surface area (Å²) in [4.78, 5) is 5.03. The number of nitrogens with two attached hydrogens (primary N) is 1. The molecule has 1 unspecified atom stereocenters.